The normalized spacial score (nSPS) is 22.1. The average Bonchev–Trinajstić information content (AvgIpc) is 2.65. The summed E-state index contributed by atoms with van der Waals surface area (Å²) in [4.78, 5) is 19.1. The molecule has 7 nitrogen and oxygen atoms in total. The van der Waals surface area contributed by atoms with Gasteiger partial charge in [-0.25, -0.2) is 0 Å². The number of rotatable bonds is 4. The van der Waals surface area contributed by atoms with Crippen LogP contribution in [-0.4, -0.2) is 55.8 Å². The second kappa shape index (κ2) is 8.74. The molecule has 0 radical (unpaired) electrons. The highest BCUT2D eigenvalue weighted by Crippen LogP contribution is 2.30. The molecule has 1 aromatic heterocycles. The molecule has 3 heterocycles. The van der Waals surface area contributed by atoms with Gasteiger partial charge in [-0.15, -0.1) is 12.4 Å². The lowest BCUT2D eigenvalue weighted by Gasteiger charge is -2.38. The minimum absolute atomic E-state index is 0. The number of hydrogen-bond acceptors (Lipinski definition) is 6. The van der Waals surface area contributed by atoms with Gasteiger partial charge in [-0.05, 0) is 31.2 Å². The molecule has 0 saturated carbocycles. The largest absolute Gasteiger partial charge is 0.365 e. The smallest absolute Gasteiger partial charge is 0.251 e. The number of ether oxygens (including phenoxy) is 1. The molecule has 2 N–H and O–H groups in total. The van der Waals surface area contributed by atoms with E-state index in [0.717, 1.165) is 24.2 Å². The van der Waals surface area contributed by atoms with Crippen LogP contribution in [0.4, 0.5) is 5.69 Å². The number of amides is 1. The Morgan fingerprint density at radius 3 is 2.93 bits per heavy atom. The summed E-state index contributed by atoms with van der Waals surface area (Å²) in [7, 11) is 0. The first-order valence-electron chi connectivity index (χ1n) is 9.32. The van der Waals surface area contributed by atoms with Gasteiger partial charge in [0.25, 0.3) is 5.91 Å². The summed E-state index contributed by atoms with van der Waals surface area (Å²) < 4.78 is 5.90. The van der Waals surface area contributed by atoms with Gasteiger partial charge in [0.15, 0.2) is 6.10 Å². The van der Waals surface area contributed by atoms with E-state index in [-0.39, 0.29) is 24.4 Å². The number of halogens is 1. The molecule has 2 aliphatic rings. The second-order valence-corrected chi connectivity index (χ2v) is 7.25. The number of morpholine rings is 1. The first kappa shape index (κ1) is 20.3. The molecule has 2 fully saturated rings. The van der Waals surface area contributed by atoms with Gasteiger partial charge in [-0.2, -0.15) is 5.26 Å². The van der Waals surface area contributed by atoms with Crippen molar-refractivity contribution in [2.24, 2.45) is 5.92 Å². The third-order valence-corrected chi connectivity index (χ3v) is 5.19. The molecule has 0 unspecified atom stereocenters. The standard InChI is InChI=1S/C20H23N5O2.ClH/c1-13-11-25(12-18(27-13)20(26)24-10-14-8-22-9-14)17-5-4-15(7-21)19-16(17)3-2-6-23-19;/h2-6,13-14,18,22H,8-12H2,1H3,(H,24,26);1H/t13-,18-;/m1./s1. The van der Waals surface area contributed by atoms with E-state index < -0.39 is 6.10 Å². The monoisotopic (exact) mass is 401 g/mol. The third kappa shape index (κ3) is 4.04. The van der Waals surface area contributed by atoms with Crippen LogP contribution < -0.4 is 15.5 Å². The summed E-state index contributed by atoms with van der Waals surface area (Å²) in [6.45, 7) is 5.74. The first-order valence-corrected chi connectivity index (χ1v) is 9.32. The zero-order chi connectivity index (χ0) is 18.8. The van der Waals surface area contributed by atoms with Crippen molar-refractivity contribution < 1.29 is 9.53 Å². The molecule has 148 valence electrons. The molecule has 0 bridgehead atoms. The van der Waals surface area contributed by atoms with Crippen molar-refractivity contribution in [2.75, 3.05) is 37.6 Å². The zero-order valence-electron chi connectivity index (χ0n) is 15.7. The molecule has 28 heavy (non-hydrogen) atoms. The van der Waals surface area contributed by atoms with E-state index in [4.69, 9.17) is 4.74 Å². The first-order chi connectivity index (χ1) is 13.2. The Kier molecular flexibility index (Phi) is 6.35. The number of nitrogens with one attached hydrogen (secondary N) is 2. The number of aromatic nitrogens is 1. The van der Waals surface area contributed by atoms with Gasteiger partial charge < -0.3 is 20.3 Å². The van der Waals surface area contributed by atoms with Crippen LogP contribution in [0, 0.1) is 17.2 Å². The SMILES string of the molecule is C[C@@H]1CN(c2ccc(C#N)c3ncccc23)C[C@H](C(=O)NCC2CNC2)O1.Cl. The van der Waals surface area contributed by atoms with Crippen molar-refractivity contribution in [1.82, 2.24) is 15.6 Å². The van der Waals surface area contributed by atoms with E-state index in [9.17, 15) is 10.1 Å². The maximum atomic E-state index is 12.6. The van der Waals surface area contributed by atoms with Crippen LogP contribution in [0.25, 0.3) is 10.9 Å². The molecule has 2 atom stereocenters. The molecule has 2 aromatic rings. The summed E-state index contributed by atoms with van der Waals surface area (Å²) in [5, 5.41) is 16.5. The Morgan fingerprint density at radius 2 is 2.21 bits per heavy atom. The van der Waals surface area contributed by atoms with Crippen LogP contribution in [0.15, 0.2) is 30.5 Å². The maximum Gasteiger partial charge on any atom is 0.251 e. The van der Waals surface area contributed by atoms with Crippen LogP contribution >= 0.6 is 12.4 Å². The summed E-state index contributed by atoms with van der Waals surface area (Å²) >= 11 is 0. The lowest BCUT2D eigenvalue weighted by atomic mass is 10.0. The van der Waals surface area contributed by atoms with Gasteiger partial charge in [0.1, 0.15) is 6.07 Å². The number of fused-ring (bicyclic) bond motifs is 1. The summed E-state index contributed by atoms with van der Waals surface area (Å²) in [6.07, 6.45) is 1.12. The Labute approximate surface area is 170 Å². The van der Waals surface area contributed by atoms with E-state index >= 15 is 0 Å². The van der Waals surface area contributed by atoms with Gasteiger partial charge in [0.2, 0.25) is 0 Å². The Bertz CT molecular complexity index is 896. The number of pyridine rings is 1. The van der Waals surface area contributed by atoms with E-state index in [1.807, 2.05) is 25.1 Å². The highest BCUT2D eigenvalue weighted by atomic mass is 35.5. The lowest BCUT2D eigenvalue weighted by Crippen LogP contribution is -2.55. The predicted octanol–water partition coefficient (Wildman–Crippen LogP) is 1.46. The van der Waals surface area contributed by atoms with Crippen molar-refractivity contribution in [3.8, 4) is 6.07 Å². The van der Waals surface area contributed by atoms with Crippen molar-refractivity contribution in [2.45, 2.75) is 19.1 Å². The average molecular weight is 402 g/mol. The third-order valence-electron chi connectivity index (χ3n) is 5.19. The number of nitrogens with zero attached hydrogens (tertiary/aromatic N) is 3. The Morgan fingerprint density at radius 1 is 1.39 bits per heavy atom. The quantitative estimate of drug-likeness (QED) is 0.806. The minimum atomic E-state index is -0.510. The van der Waals surface area contributed by atoms with Crippen molar-refractivity contribution >= 4 is 34.9 Å². The molecule has 0 spiro atoms. The van der Waals surface area contributed by atoms with Crippen LogP contribution in [0.3, 0.4) is 0 Å². The molecule has 1 amide bonds. The van der Waals surface area contributed by atoms with Gasteiger partial charge >= 0.3 is 0 Å². The van der Waals surface area contributed by atoms with Crippen LogP contribution in [0.2, 0.25) is 0 Å². The van der Waals surface area contributed by atoms with Crippen molar-refractivity contribution in [3.63, 3.8) is 0 Å². The van der Waals surface area contributed by atoms with E-state index in [0.29, 0.717) is 36.6 Å². The van der Waals surface area contributed by atoms with E-state index in [1.165, 1.54) is 0 Å². The van der Waals surface area contributed by atoms with E-state index in [1.54, 1.807) is 12.3 Å². The van der Waals surface area contributed by atoms with E-state index in [2.05, 4.69) is 26.6 Å². The number of carbonyl (C=O) groups is 1. The number of nitriles is 1. The number of benzene rings is 1. The Balaban J connectivity index is 0.00000225. The molecule has 2 aliphatic heterocycles. The predicted molar refractivity (Wildman–Crippen MR) is 110 cm³/mol. The number of anilines is 1. The van der Waals surface area contributed by atoms with Gasteiger partial charge in [0.05, 0.1) is 23.7 Å². The van der Waals surface area contributed by atoms with Crippen LogP contribution in [0.1, 0.15) is 12.5 Å². The summed E-state index contributed by atoms with van der Waals surface area (Å²) in [6, 6.07) is 9.77. The summed E-state index contributed by atoms with van der Waals surface area (Å²) in [5.74, 6) is 0.453. The van der Waals surface area contributed by atoms with Crippen molar-refractivity contribution in [3.05, 3.63) is 36.0 Å². The van der Waals surface area contributed by atoms with Gasteiger partial charge in [-0.1, -0.05) is 0 Å². The van der Waals surface area contributed by atoms with Gasteiger partial charge in [0, 0.05) is 49.4 Å². The second-order valence-electron chi connectivity index (χ2n) is 7.25. The van der Waals surface area contributed by atoms with Gasteiger partial charge in [-0.3, -0.25) is 9.78 Å². The zero-order valence-corrected chi connectivity index (χ0v) is 16.5. The fourth-order valence-electron chi connectivity index (χ4n) is 3.67. The molecular weight excluding hydrogens is 378 g/mol. The van der Waals surface area contributed by atoms with Crippen molar-refractivity contribution in [1.29, 1.82) is 5.26 Å². The maximum absolute atomic E-state index is 12.6. The molecule has 1 aromatic carbocycles. The molecule has 4 rings (SSSR count). The summed E-state index contributed by atoms with van der Waals surface area (Å²) in [5.41, 5.74) is 2.22. The number of carbonyl (C=O) groups excluding carboxylic acids is 1. The molecule has 2 saturated heterocycles. The number of hydrogen-bond donors (Lipinski definition) is 2. The highest BCUT2D eigenvalue weighted by Gasteiger charge is 2.32. The molecule has 8 heteroatoms. The lowest BCUT2D eigenvalue weighted by molar-refractivity contribution is -0.137. The fraction of sp³-hybridized carbons (Fsp3) is 0.450. The van der Waals surface area contributed by atoms with Crippen LogP contribution in [-0.2, 0) is 9.53 Å². The Hall–Kier alpha value is -2.40. The van der Waals surface area contributed by atoms with Crippen LogP contribution in [0.5, 0.6) is 0 Å². The fourth-order valence-corrected chi connectivity index (χ4v) is 3.67. The highest BCUT2D eigenvalue weighted by molar-refractivity contribution is 5.95. The minimum Gasteiger partial charge on any atom is -0.365 e. The molecular formula is C20H24ClN5O2. The molecule has 0 aliphatic carbocycles. The topological polar surface area (TPSA) is 90.3 Å².